The Labute approximate surface area is 188 Å². The lowest BCUT2D eigenvalue weighted by Crippen LogP contribution is -2.46. The van der Waals surface area contributed by atoms with E-state index in [0.29, 0.717) is 6.54 Å². The van der Waals surface area contributed by atoms with Crippen LogP contribution in [0.4, 0.5) is 0 Å². The highest BCUT2D eigenvalue weighted by molar-refractivity contribution is 14.0. The summed E-state index contributed by atoms with van der Waals surface area (Å²) in [4.78, 5) is 10.4. The molecule has 1 spiro atoms. The van der Waals surface area contributed by atoms with Crippen molar-refractivity contribution in [3.8, 4) is 5.75 Å². The lowest BCUT2D eigenvalue weighted by molar-refractivity contribution is 0.0396. The topological polar surface area (TPSA) is 58.5 Å². The molecule has 1 atom stereocenters. The number of halogens is 1. The number of rotatable bonds is 4. The molecular weight excluding hydrogens is 483 g/mol. The normalized spacial score (nSPS) is 20.2. The summed E-state index contributed by atoms with van der Waals surface area (Å²) < 4.78 is 6.48. The van der Waals surface area contributed by atoms with Crippen molar-refractivity contribution in [1.82, 2.24) is 15.6 Å². The van der Waals surface area contributed by atoms with Gasteiger partial charge in [-0.3, -0.25) is 0 Å². The number of hydrogen-bond acceptors (Lipinski definition) is 4. The molecule has 0 radical (unpaired) electrons. The molecule has 2 aliphatic rings. The largest absolute Gasteiger partial charge is 0.487 e. The predicted molar refractivity (Wildman–Crippen MR) is 126 cm³/mol. The third kappa shape index (κ3) is 4.79. The highest BCUT2D eigenvalue weighted by atomic mass is 127. The zero-order valence-corrected chi connectivity index (χ0v) is 19.7. The monoisotopic (exact) mass is 512 g/mol. The Kier molecular flexibility index (Phi) is 7.20. The number of fused-ring (bicyclic) bond motifs is 1. The van der Waals surface area contributed by atoms with Crippen LogP contribution in [0.2, 0.25) is 0 Å². The van der Waals surface area contributed by atoms with E-state index in [9.17, 15) is 0 Å². The molecule has 1 saturated carbocycles. The third-order valence-corrected chi connectivity index (χ3v) is 6.31. The number of hydrogen-bond donors (Lipinski definition) is 2. The first-order chi connectivity index (χ1) is 13.2. The first-order valence-corrected chi connectivity index (χ1v) is 10.7. The van der Waals surface area contributed by atoms with E-state index in [1.54, 1.807) is 11.3 Å². The van der Waals surface area contributed by atoms with Crippen molar-refractivity contribution < 1.29 is 4.74 Å². The summed E-state index contributed by atoms with van der Waals surface area (Å²) in [6.07, 6.45) is 7.70. The number of aromatic nitrogens is 1. The van der Waals surface area contributed by atoms with Crippen LogP contribution in [-0.4, -0.2) is 23.1 Å². The van der Waals surface area contributed by atoms with Crippen LogP contribution in [0.25, 0.3) is 0 Å². The van der Waals surface area contributed by atoms with Crippen molar-refractivity contribution in [3.05, 3.63) is 45.9 Å². The van der Waals surface area contributed by atoms with Crippen LogP contribution in [0.1, 0.15) is 60.5 Å². The van der Waals surface area contributed by atoms with E-state index in [1.165, 1.54) is 23.3 Å². The first-order valence-electron chi connectivity index (χ1n) is 9.91. The zero-order valence-electron chi connectivity index (χ0n) is 16.5. The van der Waals surface area contributed by atoms with Crippen LogP contribution >= 0.6 is 35.3 Å². The molecule has 2 heterocycles. The van der Waals surface area contributed by atoms with Crippen LogP contribution < -0.4 is 15.4 Å². The number of nitrogens with zero attached hydrogens (tertiary/aromatic N) is 2. The molecule has 0 saturated heterocycles. The Morgan fingerprint density at radius 2 is 2.11 bits per heavy atom. The minimum atomic E-state index is -0.0181. The molecule has 1 aliphatic heterocycles. The Balaban J connectivity index is 0.00000225. The molecule has 2 N–H and O–H groups in total. The van der Waals surface area contributed by atoms with Crippen LogP contribution in [0.3, 0.4) is 0 Å². The van der Waals surface area contributed by atoms with Crippen LogP contribution in [0.15, 0.2) is 35.5 Å². The number of ether oxygens (including phenoxy) is 1. The molecule has 1 fully saturated rings. The molecule has 2 aromatic rings. The molecule has 1 unspecified atom stereocenters. The van der Waals surface area contributed by atoms with Crippen LogP contribution in [0.5, 0.6) is 5.75 Å². The highest BCUT2D eigenvalue weighted by Gasteiger charge is 2.43. The fourth-order valence-electron chi connectivity index (χ4n) is 4.18. The number of benzene rings is 1. The van der Waals surface area contributed by atoms with Gasteiger partial charge in [0.2, 0.25) is 0 Å². The van der Waals surface area contributed by atoms with Crippen molar-refractivity contribution in [1.29, 1.82) is 0 Å². The molecule has 7 heteroatoms. The van der Waals surface area contributed by atoms with E-state index in [2.05, 4.69) is 53.7 Å². The van der Waals surface area contributed by atoms with Gasteiger partial charge in [0.1, 0.15) is 16.4 Å². The fraction of sp³-hybridized carbons (Fsp3) is 0.524. The molecule has 4 rings (SSSR count). The van der Waals surface area contributed by atoms with Gasteiger partial charge in [-0.05, 0) is 45.6 Å². The van der Waals surface area contributed by atoms with Gasteiger partial charge in [0.15, 0.2) is 5.96 Å². The summed E-state index contributed by atoms with van der Waals surface area (Å²) in [7, 11) is 0. The van der Waals surface area contributed by atoms with Gasteiger partial charge in [-0.25, -0.2) is 9.98 Å². The molecule has 1 aromatic carbocycles. The maximum absolute atomic E-state index is 6.48. The third-order valence-electron chi connectivity index (χ3n) is 5.41. The average molecular weight is 512 g/mol. The minimum absolute atomic E-state index is 0. The molecule has 0 bridgehead atoms. The Morgan fingerprint density at radius 1 is 1.32 bits per heavy atom. The number of aliphatic imine (C=N–C) groups is 1. The summed E-state index contributed by atoms with van der Waals surface area (Å²) in [5, 5.41) is 8.11. The summed E-state index contributed by atoms with van der Waals surface area (Å²) in [5.74, 6) is 1.87. The van der Waals surface area contributed by atoms with E-state index < -0.39 is 0 Å². The maximum atomic E-state index is 6.48. The van der Waals surface area contributed by atoms with Gasteiger partial charge in [-0.1, -0.05) is 18.2 Å². The fourth-order valence-corrected chi connectivity index (χ4v) is 4.89. The van der Waals surface area contributed by atoms with Gasteiger partial charge in [0.05, 0.1) is 12.6 Å². The molecule has 1 aromatic heterocycles. The SMILES string of the molecule is CCNC(=NCc1ncc(C)s1)NC1CC2(CCCC2)Oc2ccccc21.I. The standard InChI is InChI=1S/C21H28N4OS.HI/c1-3-22-20(24-14-19-23-13-15(2)27-19)25-17-12-21(10-6-7-11-21)26-18-9-5-4-8-16(17)18;/h4-5,8-9,13,17H,3,6-7,10-12,14H2,1-2H3,(H2,22,24,25);1H. The molecule has 28 heavy (non-hydrogen) atoms. The summed E-state index contributed by atoms with van der Waals surface area (Å²) >= 11 is 1.70. The molecular formula is C21H29IN4OS. The number of guanidine groups is 1. The molecule has 5 nitrogen and oxygen atoms in total. The van der Waals surface area contributed by atoms with E-state index in [-0.39, 0.29) is 35.6 Å². The Morgan fingerprint density at radius 3 is 2.82 bits per heavy atom. The number of nitrogens with one attached hydrogen (secondary N) is 2. The number of para-hydroxylation sites is 1. The average Bonchev–Trinajstić information content (AvgIpc) is 3.29. The van der Waals surface area contributed by atoms with Gasteiger partial charge in [0.25, 0.3) is 0 Å². The van der Waals surface area contributed by atoms with E-state index in [0.717, 1.165) is 42.5 Å². The quantitative estimate of drug-likeness (QED) is 0.346. The zero-order chi connectivity index (χ0) is 18.7. The van der Waals surface area contributed by atoms with Crippen molar-refractivity contribution in [2.24, 2.45) is 4.99 Å². The lowest BCUT2D eigenvalue weighted by atomic mass is 9.86. The second-order valence-corrected chi connectivity index (χ2v) is 8.81. The van der Waals surface area contributed by atoms with Gasteiger partial charge in [-0.2, -0.15) is 0 Å². The first kappa shape index (κ1) is 21.4. The number of thiazole rings is 1. The van der Waals surface area contributed by atoms with Gasteiger partial charge < -0.3 is 15.4 Å². The predicted octanol–water partition coefficient (Wildman–Crippen LogP) is 4.96. The Hall–Kier alpha value is -1.35. The molecule has 1 aliphatic carbocycles. The van der Waals surface area contributed by atoms with Crippen molar-refractivity contribution >= 4 is 41.3 Å². The minimum Gasteiger partial charge on any atom is -0.487 e. The highest BCUT2D eigenvalue weighted by Crippen LogP contribution is 2.46. The summed E-state index contributed by atoms with van der Waals surface area (Å²) in [5.41, 5.74) is 1.21. The second-order valence-electron chi connectivity index (χ2n) is 7.49. The summed E-state index contributed by atoms with van der Waals surface area (Å²) in [6.45, 7) is 5.61. The number of aryl methyl sites for hydroxylation is 1. The van der Waals surface area contributed by atoms with Crippen molar-refractivity contribution in [2.45, 2.75) is 64.1 Å². The second kappa shape index (κ2) is 9.43. The van der Waals surface area contributed by atoms with Gasteiger partial charge in [0, 0.05) is 29.6 Å². The van der Waals surface area contributed by atoms with E-state index >= 15 is 0 Å². The van der Waals surface area contributed by atoms with Crippen LogP contribution in [0, 0.1) is 6.92 Å². The molecule has 152 valence electrons. The van der Waals surface area contributed by atoms with Crippen molar-refractivity contribution in [3.63, 3.8) is 0 Å². The Bertz CT molecular complexity index is 816. The van der Waals surface area contributed by atoms with Crippen molar-refractivity contribution in [2.75, 3.05) is 6.54 Å². The van der Waals surface area contributed by atoms with Gasteiger partial charge in [-0.15, -0.1) is 35.3 Å². The summed E-state index contributed by atoms with van der Waals surface area (Å²) in [6, 6.07) is 8.64. The lowest BCUT2D eigenvalue weighted by Gasteiger charge is -2.40. The van der Waals surface area contributed by atoms with Crippen LogP contribution in [-0.2, 0) is 6.54 Å². The van der Waals surface area contributed by atoms with Gasteiger partial charge >= 0.3 is 0 Å². The smallest absolute Gasteiger partial charge is 0.192 e. The maximum Gasteiger partial charge on any atom is 0.192 e. The van der Waals surface area contributed by atoms with E-state index in [1.807, 2.05) is 6.20 Å². The molecule has 0 amide bonds. The van der Waals surface area contributed by atoms with E-state index in [4.69, 9.17) is 9.73 Å².